The number of anilines is 3. The van der Waals surface area contributed by atoms with Crippen LogP contribution in [0.5, 0.6) is 0 Å². The molecular formula is C18H15ClF3N5. The van der Waals surface area contributed by atoms with Gasteiger partial charge in [0.05, 0.1) is 11.8 Å². The molecule has 0 saturated carbocycles. The molecule has 0 saturated heterocycles. The second kappa shape index (κ2) is 8.22. The monoisotopic (exact) mass is 393 g/mol. The SMILES string of the molecule is FC(F)(F)c1cccc(Nc2cnnc(NCCc3cccc(Cl)c3)n2)c1. The molecule has 0 spiro atoms. The van der Waals surface area contributed by atoms with Crippen LogP contribution in [0.1, 0.15) is 11.1 Å². The molecule has 0 fully saturated rings. The largest absolute Gasteiger partial charge is 0.416 e. The van der Waals surface area contributed by atoms with E-state index in [0.29, 0.717) is 18.0 Å². The molecule has 3 rings (SSSR count). The van der Waals surface area contributed by atoms with Crippen LogP contribution in [0.2, 0.25) is 5.02 Å². The molecule has 27 heavy (non-hydrogen) atoms. The van der Waals surface area contributed by atoms with E-state index in [2.05, 4.69) is 25.8 Å². The zero-order valence-electron chi connectivity index (χ0n) is 14.0. The van der Waals surface area contributed by atoms with Crippen LogP contribution in [-0.2, 0) is 12.6 Å². The molecule has 0 unspecified atom stereocenters. The number of aromatic nitrogens is 3. The number of hydrogen-bond acceptors (Lipinski definition) is 5. The smallest absolute Gasteiger partial charge is 0.353 e. The minimum absolute atomic E-state index is 0.259. The minimum atomic E-state index is -4.41. The van der Waals surface area contributed by atoms with Gasteiger partial charge in [0.15, 0.2) is 5.82 Å². The number of rotatable bonds is 6. The van der Waals surface area contributed by atoms with E-state index in [-0.39, 0.29) is 17.5 Å². The fraction of sp³-hybridized carbons (Fsp3) is 0.167. The lowest BCUT2D eigenvalue weighted by atomic mass is 10.1. The van der Waals surface area contributed by atoms with Crippen molar-refractivity contribution in [2.75, 3.05) is 17.2 Å². The van der Waals surface area contributed by atoms with Gasteiger partial charge in [0.25, 0.3) is 0 Å². The minimum Gasteiger partial charge on any atom is -0.353 e. The summed E-state index contributed by atoms with van der Waals surface area (Å²) >= 11 is 5.94. The highest BCUT2D eigenvalue weighted by atomic mass is 35.5. The summed E-state index contributed by atoms with van der Waals surface area (Å²) in [5.74, 6) is 0.559. The van der Waals surface area contributed by atoms with Crippen molar-refractivity contribution in [2.24, 2.45) is 0 Å². The van der Waals surface area contributed by atoms with Gasteiger partial charge in [-0.25, -0.2) is 0 Å². The Bertz CT molecular complexity index is 917. The van der Waals surface area contributed by atoms with Crippen molar-refractivity contribution in [3.05, 3.63) is 70.9 Å². The van der Waals surface area contributed by atoms with Crippen molar-refractivity contribution >= 4 is 29.1 Å². The van der Waals surface area contributed by atoms with Crippen LogP contribution in [0, 0.1) is 0 Å². The molecular weight excluding hydrogens is 379 g/mol. The fourth-order valence-corrected chi connectivity index (χ4v) is 2.58. The van der Waals surface area contributed by atoms with Gasteiger partial charge in [-0.2, -0.15) is 23.3 Å². The fourth-order valence-electron chi connectivity index (χ4n) is 2.37. The second-order valence-corrected chi connectivity index (χ2v) is 6.11. The van der Waals surface area contributed by atoms with Crippen LogP contribution in [0.15, 0.2) is 54.7 Å². The molecule has 0 amide bonds. The van der Waals surface area contributed by atoms with Crippen molar-refractivity contribution in [3.8, 4) is 0 Å². The van der Waals surface area contributed by atoms with Gasteiger partial charge in [0.2, 0.25) is 5.95 Å². The van der Waals surface area contributed by atoms with E-state index < -0.39 is 11.7 Å². The Labute approximate surface area is 158 Å². The summed E-state index contributed by atoms with van der Waals surface area (Å²) in [5.41, 5.74) is 0.575. The number of nitrogens with one attached hydrogen (secondary N) is 2. The van der Waals surface area contributed by atoms with Gasteiger partial charge >= 0.3 is 6.18 Å². The standard InChI is InChI=1S/C18H15ClF3N5/c19-14-5-1-3-12(9-14)7-8-23-17-26-16(11-24-27-17)25-15-6-2-4-13(10-15)18(20,21)22/h1-6,9-11H,7-8H2,(H2,23,25,26,27). The van der Waals surface area contributed by atoms with E-state index in [9.17, 15) is 13.2 Å². The maximum absolute atomic E-state index is 12.8. The Morgan fingerprint density at radius 3 is 2.63 bits per heavy atom. The molecule has 0 aliphatic heterocycles. The van der Waals surface area contributed by atoms with Gasteiger partial charge in [-0.15, -0.1) is 5.10 Å². The van der Waals surface area contributed by atoms with E-state index >= 15 is 0 Å². The number of nitrogens with zero attached hydrogens (tertiary/aromatic N) is 3. The number of benzene rings is 2. The molecule has 0 radical (unpaired) electrons. The molecule has 0 aliphatic carbocycles. The maximum atomic E-state index is 12.8. The van der Waals surface area contributed by atoms with Gasteiger partial charge < -0.3 is 10.6 Å². The Balaban J connectivity index is 1.62. The molecule has 0 bridgehead atoms. The average Bonchev–Trinajstić information content (AvgIpc) is 2.62. The highest BCUT2D eigenvalue weighted by molar-refractivity contribution is 6.30. The van der Waals surface area contributed by atoms with Crippen LogP contribution in [0.4, 0.5) is 30.6 Å². The molecule has 3 aromatic rings. The first-order chi connectivity index (χ1) is 12.9. The number of alkyl halides is 3. The van der Waals surface area contributed by atoms with Crippen LogP contribution >= 0.6 is 11.6 Å². The summed E-state index contributed by atoms with van der Waals surface area (Å²) in [4.78, 5) is 4.21. The van der Waals surface area contributed by atoms with Crippen molar-refractivity contribution in [1.29, 1.82) is 0 Å². The highest BCUT2D eigenvalue weighted by Gasteiger charge is 2.30. The van der Waals surface area contributed by atoms with Crippen molar-refractivity contribution < 1.29 is 13.2 Å². The van der Waals surface area contributed by atoms with Crippen molar-refractivity contribution in [3.63, 3.8) is 0 Å². The maximum Gasteiger partial charge on any atom is 0.416 e. The van der Waals surface area contributed by atoms with Crippen LogP contribution in [-0.4, -0.2) is 21.7 Å². The Morgan fingerprint density at radius 1 is 1.04 bits per heavy atom. The lowest BCUT2D eigenvalue weighted by Gasteiger charge is -2.10. The first-order valence-electron chi connectivity index (χ1n) is 8.02. The van der Waals surface area contributed by atoms with Gasteiger partial charge in [-0.05, 0) is 42.3 Å². The summed E-state index contributed by atoms with van der Waals surface area (Å²) in [6, 6.07) is 12.4. The van der Waals surface area contributed by atoms with Crippen LogP contribution in [0.3, 0.4) is 0 Å². The summed E-state index contributed by atoms with van der Waals surface area (Å²) in [6.07, 6.45) is -2.37. The quantitative estimate of drug-likeness (QED) is 0.621. The van der Waals surface area contributed by atoms with Crippen molar-refractivity contribution in [2.45, 2.75) is 12.6 Å². The molecule has 9 heteroatoms. The predicted octanol–water partition coefficient (Wildman–Crippen LogP) is 4.94. The van der Waals surface area contributed by atoms with Crippen LogP contribution in [0.25, 0.3) is 0 Å². The van der Waals surface area contributed by atoms with E-state index in [1.165, 1.54) is 18.3 Å². The molecule has 140 valence electrons. The molecule has 0 atom stereocenters. The lowest BCUT2D eigenvalue weighted by Crippen LogP contribution is -2.10. The second-order valence-electron chi connectivity index (χ2n) is 5.68. The van der Waals surface area contributed by atoms with E-state index in [1.54, 1.807) is 6.07 Å². The summed E-state index contributed by atoms with van der Waals surface area (Å²) in [6.45, 7) is 0.551. The predicted molar refractivity (Wildman–Crippen MR) is 98.2 cm³/mol. The third-order valence-electron chi connectivity index (χ3n) is 3.61. The van der Waals surface area contributed by atoms with Gasteiger partial charge in [0, 0.05) is 17.3 Å². The highest BCUT2D eigenvalue weighted by Crippen LogP contribution is 2.31. The molecule has 0 aliphatic rings. The molecule has 2 aromatic carbocycles. The number of halogens is 4. The molecule has 1 heterocycles. The first kappa shape index (κ1) is 18.9. The summed E-state index contributed by atoms with van der Waals surface area (Å²) in [5, 5.41) is 14.2. The Morgan fingerprint density at radius 2 is 1.85 bits per heavy atom. The van der Waals surface area contributed by atoms with Crippen LogP contribution < -0.4 is 10.6 Å². The molecule has 2 N–H and O–H groups in total. The normalized spacial score (nSPS) is 11.3. The first-order valence-corrected chi connectivity index (χ1v) is 8.40. The van der Waals surface area contributed by atoms with Gasteiger partial charge in [-0.3, -0.25) is 0 Å². The third-order valence-corrected chi connectivity index (χ3v) is 3.84. The topological polar surface area (TPSA) is 62.7 Å². The van der Waals surface area contributed by atoms with E-state index in [4.69, 9.17) is 11.6 Å². The Kier molecular flexibility index (Phi) is 5.75. The van der Waals surface area contributed by atoms with Crippen molar-refractivity contribution in [1.82, 2.24) is 15.2 Å². The van der Waals surface area contributed by atoms with Gasteiger partial charge in [0.1, 0.15) is 0 Å². The third kappa shape index (κ3) is 5.55. The van der Waals surface area contributed by atoms with E-state index in [0.717, 1.165) is 17.7 Å². The zero-order chi connectivity index (χ0) is 19.3. The molecule has 5 nitrogen and oxygen atoms in total. The average molecular weight is 394 g/mol. The zero-order valence-corrected chi connectivity index (χ0v) is 14.7. The summed E-state index contributed by atoms with van der Waals surface area (Å²) in [7, 11) is 0. The summed E-state index contributed by atoms with van der Waals surface area (Å²) < 4.78 is 38.4. The van der Waals surface area contributed by atoms with E-state index in [1.807, 2.05) is 18.2 Å². The molecule has 1 aromatic heterocycles. The lowest BCUT2D eigenvalue weighted by molar-refractivity contribution is -0.137. The number of hydrogen-bond donors (Lipinski definition) is 2. The van der Waals surface area contributed by atoms with Gasteiger partial charge in [-0.1, -0.05) is 29.8 Å². The Hall–Kier alpha value is -2.87.